The summed E-state index contributed by atoms with van der Waals surface area (Å²) in [5, 5.41) is 0. The van der Waals surface area contributed by atoms with Gasteiger partial charge in [-0.05, 0) is 89.9 Å². The van der Waals surface area contributed by atoms with Crippen LogP contribution in [-0.4, -0.2) is 37.2 Å². The first-order valence-corrected chi connectivity index (χ1v) is 28.4. The maximum atomic E-state index is 12.8. The molecular weight excluding hydrogens is 829 g/mol. The molecule has 0 N–H and O–H groups in total. The second-order valence-corrected chi connectivity index (χ2v) is 18.8. The number of rotatable bonds is 51. The molecule has 0 saturated heterocycles. The number of carbonyl (C=O) groups is 3. The van der Waals surface area contributed by atoms with E-state index in [2.05, 4.69) is 93.7 Å². The lowest BCUT2D eigenvalue weighted by atomic mass is 10.0. The lowest BCUT2D eigenvalue weighted by Gasteiger charge is -2.18. The van der Waals surface area contributed by atoms with Gasteiger partial charge in [-0.25, -0.2) is 0 Å². The monoisotopic (exact) mass is 935 g/mol. The summed E-state index contributed by atoms with van der Waals surface area (Å²) in [7, 11) is 0. The molecule has 67 heavy (non-hydrogen) atoms. The highest BCUT2D eigenvalue weighted by Crippen LogP contribution is 2.16. The standard InChI is InChI=1S/C61H106O6/c1-4-7-10-13-16-19-22-25-28-29-30-31-34-36-39-42-45-48-51-54-60(63)66-57-58(67-61(64)55-52-49-46-43-40-37-33-27-24-21-18-15-12-9-6-3)56-65-59(62)53-50-47-44-41-38-35-32-26-23-20-17-14-11-8-5-2/h7,10,16,18-19,21,25,27-28,30-31,33,58H,4-6,8-9,11-15,17,20,22-24,26,29,32,34-57H2,1-3H3/b10-7-,19-16-,21-18-,28-25-,31-30-,33-27-. The van der Waals surface area contributed by atoms with Crippen LogP contribution < -0.4 is 0 Å². The summed E-state index contributed by atoms with van der Waals surface area (Å²) in [5.41, 5.74) is 0. The average Bonchev–Trinajstić information content (AvgIpc) is 3.33. The Bertz CT molecular complexity index is 1260. The van der Waals surface area contributed by atoms with Gasteiger partial charge in [-0.15, -0.1) is 0 Å². The van der Waals surface area contributed by atoms with Gasteiger partial charge in [0.05, 0.1) is 0 Å². The predicted molar refractivity (Wildman–Crippen MR) is 288 cm³/mol. The van der Waals surface area contributed by atoms with Crippen LogP contribution in [0.2, 0.25) is 0 Å². The van der Waals surface area contributed by atoms with Crippen LogP contribution in [0.25, 0.3) is 0 Å². The third kappa shape index (κ3) is 53.7. The van der Waals surface area contributed by atoms with E-state index in [0.29, 0.717) is 19.3 Å². The highest BCUT2D eigenvalue weighted by Gasteiger charge is 2.19. The fourth-order valence-electron chi connectivity index (χ4n) is 7.93. The fourth-order valence-corrected chi connectivity index (χ4v) is 7.93. The molecule has 0 saturated carbocycles. The van der Waals surface area contributed by atoms with Gasteiger partial charge in [0.15, 0.2) is 6.10 Å². The van der Waals surface area contributed by atoms with Gasteiger partial charge < -0.3 is 14.2 Å². The Hall–Kier alpha value is -3.15. The van der Waals surface area contributed by atoms with Crippen LogP contribution in [0.3, 0.4) is 0 Å². The number of unbranched alkanes of at least 4 members (excludes halogenated alkanes) is 28. The molecule has 0 aromatic heterocycles. The fraction of sp³-hybridized carbons (Fsp3) is 0.754. The van der Waals surface area contributed by atoms with Gasteiger partial charge in [-0.1, -0.05) is 241 Å². The van der Waals surface area contributed by atoms with Crippen LogP contribution in [-0.2, 0) is 28.6 Å². The number of ether oxygens (including phenoxy) is 3. The minimum absolute atomic E-state index is 0.0837. The van der Waals surface area contributed by atoms with Crippen LogP contribution >= 0.6 is 0 Å². The summed E-state index contributed by atoms with van der Waals surface area (Å²) in [6.07, 6.45) is 70.2. The minimum Gasteiger partial charge on any atom is -0.462 e. The first kappa shape index (κ1) is 63.8. The summed E-state index contributed by atoms with van der Waals surface area (Å²) in [6.45, 7) is 6.50. The van der Waals surface area contributed by atoms with Crippen LogP contribution in [0.1, 0.15) is 278 Å². The average molecular weight is 936 g/mol. The van der Waals surface area contributed by atoms with Crippen molar-refractivity contribution in [3.05, 3.63) is 72.9 Å². The van der Waals surface area contributed by atoms with E-state index in [-0.39, 0.29) is 31.1 Å². The van der Waals surface area contributed by atoms with Crippen LogP contribution in [0.4, 0.5) is 0 Å². The molecule has 0 aliphatic carbocycles. The van der Waals surface area contributed by atoms with Crippen molar-refractivity contribution in [3.8, 4) is 0 Å². The molecular formula is C61H106O6. The third-order valence-corrected chi connectivity index (χ3v) is 12.2. The quantitative estimate of drug-likeness (QED) is 0.0262. The van der Waals surface area contributed by atoms with Crippen LogP contribution in [0.15, 0.2) is 72.9 Å². The molecule has 1 atom stereocenters. The van der Waals surface area contributed by atoms with E-state index in [1.54, 1.807) is 0 Å². The zero-order valence-electron chi connectivity index (χ0n) is 44.2. The second-order valence-electron chi connectivity index (χ2n) is 18.8. The smallest absolute Gasteiger partial charge is 0.306 e. The first-order chi connectivity index (χ1) is 33.0. The van der Waals surface area contributed by atoms with E-state index in [1.165, 1.54) is 122 Å². The molecule has 0 fully saturated rings. The molecule has 0 aliphatic heterocycles. The van der Waals surface area contributed by atoms with Crippen molar-refractivity contribution >= 4 is 17.9 Å². The molecule has 0 rings (SSSR count). The highest BCUT2D eigenvalue weighted by atomic mass is 16.6. The Labute approximate surface area is 414 Å². The second kappa shape index (κ2) is 55.4. The molecule has 1 unspecified atom stereocenters. The Morgan fingerprint density at radius 2 is 0.582 bits per heavy atom. The zero-order chi connectivity index (χ0) is 48.6. The molecule has 0 radical (unpaired) electrons. The van der Waals surface area contributed by atoms with E-state index in [0.717, 1.165) is 116 Å². The summed E-state index contributed by atoms with van der Waals surface area (Å²) >= 11 is 0. The summed E-state index contributed by atoms with van der Waals surface area (Å²) < 4.78 is 16.9. The Morgan fingerprint density at radius 1 is 0.313 bits per heavy atom. The van der Waals surface area contributed by atoms with Crippen LogP contribution in [0, 0.1) is 0 Å². The maximum Gasteiger partial charge on any atom is 0.306 e. The molecule has 6 heteroatoms. The van der Waals surface area contributed by atoms with E-state index < -0.39 is 6.10 Å². The Morgan fingerprint density at radius 3 is 0.940 bits per heavy atom. The Kier molecular flexibility index (Phi) is 52.8. The van der Waals surface area contributed by atoms with E-state index in [1.807, 2.05) is 0 Å². The number of hydrogen-bond acceptors (Lipinski definition) is 6. The molecule has 0 aliphatic rings. The Balaban J connectivity index is 4.41. The number of allylic oxidation sites excluding steroid dienone is 12. The van der Waals surface area contributed by atoms with Crippen molar-refractivity contribution in [2.45, 2.75) is 284 Å². The van der Waals surface area contributed by atoms with Gasteiger partial charge in [0.25, 0.3) is 0 Å². The van der Waals surface area contributed by atoms with Crippen molar-refractivity contribution in [1.29, 1.82) is 0 Å². The number of carbonyl (C=O) groups excluding carboxylic acids is 3. The molecule has 386 valence electrons. The summed E-state index contributed by atoms with van der Waals surface area (Å²) in [4.78, 5) is 38.1. The van der Waals surface area contributed by atoms with Crippen molar-refractivity contribution < 1.29 is 28.6 Å². The van der Waals surface area contributed by atoms with Gasteiger partial charge >= 0.3 is 17.9 Å². The van der Waals surface area contributed by atoms with Gasteiger partial charge in [-0.3, -0.25) is 14.4 Å². The molecule has 0 amide bonds. The molecule has 0 heterocycles. The number of esters is 3. The first-order valence-electron chi connectivity index (χ1n) is 28.4. The highest BCUT2D eigenvalue weighted by molar-refractivity contribution is 5.71. The molecule has 0 bridgehead atoms. The maximum absolute atomic E-state index is 12.8. The van der Waals surface area contributed by atoms with Crippen molar-refractivity contribution in [2.24, 2.45) is 0 Å². The van der Waals surface area contributed by atoms with E-state index in [9.17, 15) is 14.4 Å². The van der Waals surface area contributed by atoms with Crippen LogP contribution in [0.5, 0.6) is 0 Å². The molecule has 6 nitrogen and oxygen atoms in total. The predicted octanol–water partition coefficient (Wildman–Crippen LogP) is 19.0. The van der Waals surface area contributed by atoms with Gasteiger partial charge in [0, 0.05) is 19.3 Å². The van der Waals surface area contributed by atoms with Gasteiger partial charge in [0.1, 0.15) is 13.2 Å². The van der Waals surface area contributed by atoms with Crippen molar-refractivity contribution in [3.63, 3.8) is 0 Å². The summed E-state index contributed by atoms with van der Waals surface area (Å²) in [6, 6.07) is 0. The molecule has 0 spiro atoms. The third-order valence-electron chi connectivity index (χ3n) is 12.2. The topological polar surface area (TPSA) is 78.9 Å². The van der Waals surface area contributed by atoms with E-state index >= 15 is 0 Å². The summed E-state index contributed by atoms with van der Waals surface area (Å²) in [5.74, 6) is -0.903. The lowest BCUT2D eigenvalue weighted by Crippen LogP contribution is -2.30. The van der Waals surface area contributed by atoms with Crippen molar-refractivity contribution in [1.82, 2.24) is 0 Å². The van der Waals surface area contributed by atoms with E-state index in [4.69, 9.17) is 14.2 Å². The minimum atomic E-state index is -0.787. The SMILES string of the molecule is CC/C=C\C/C=C\C/C=C\C/C=C\CCCCCCCCC(=O)OCC(COC(=O)CCCCCCCCCCCCCCCCC)OC(=O)CCCCCCC/C=C\C/C=C\CCCCC. The van der Waals surface area contributed by atoms with Crippen molar-refractivity contribution in [2.75, 3.05) is 13.2 Å². The lowest BCUT2D eigenvalue weighted by molar-refractivity contribution is -0.167. The molecule has 0 aromatic carbocycles. The normalized spacial score (nSPS) is 12.6. The largest absolute Gasteiger partial charge is 0.462 e. The van der Waals surface area contributed by atoms with Gasteiger partial charge in [-0.2, -0.15) is 0 Å². The number of hydrogen-bond donors (Lipinski definition) is 0. The molecule has 0 aromatic rings. The van der Waals surface area contributed by atoms with Gasteiger partial charge in [0.2, 0.25) is 0 Å². The zero-order valence-corrected chi connectivity index (χ0v) is 44.2.